The molecule has 0 aliphatic rings. The normalized spacial score (nSPS) is 6.58. The van der Waals surface area contributed by atoms with E-state index in [1.165, 1.54) is 16.7 Å². The van der Waals surface area contributed by atoms with Crippen LogP contribution in [-0.2, 0) is 26.2 Å². The van der Waals surface area contributed by atoms with Crippen LogP contribution < -0.4 is 50.9 Å². The van der Waals surface area contributed by atoms with Gasteiger partial charge in [-0.15, -0.1) is 0 Å². The number of rotatable bonds is 0. The molecule has 0 heterocycles. The van der Waals surface area contributed by atoms with Crippen LogP contribution >= 0.6 is 0 Å². The standard InChI is InChI=1S/C8H11.3BrH.Zr/c1-6-4-7(2)8(3)5-6;;;;/h4-5H,1-3H3;3*1H;/q-1;;;;+4/p-3. The molecule has 1 aromatic rings. The van der Waals surface area contributed by atoms with Crippen LogP contribution in [0.3, 0.4) is 0 Å². The summed E-state index contributed by atoms with van der Waals surface area (Å²) in [6.07, 6.45) is 0. The molecule has 0 aromatic heterocycles. The number of hydrogen-bond donors (Lipinski definition) is 0. The fraction of sp³-hybridized carbons (Fsp3) is 0.375. The predicted octanol–water partition coefficient (Wildman–Crippen LogP) is -6.66. The van der Waals surface area contributed by atoms with E-state index in [9.17, 15) is 0 Å². The van der Waals surface area contributed by atoms with E-state index in [2.05, 4.69) is 32.9 Å². The van der Waals surface area contributed by atoms with Crippen LogP contribution in [0, 0.1) is 20.8 Å². The molecule has 0 aliphatic carbocycles. The summed E-state index contributed by atoms with van der Waals surface area (Å²) in [6.45, 7) is 6.41. The summed E-state index contributed by atoms with van der Waals surface area (Å²) < 4.78 is 0. The number of hydrogen-bond acceptors (Lipinski definition) is 0. The van der Waals surface area contributed by atoms with E-state index in [0.29, 0.717) is 0 Å². The van der Waals surface area contributed by atoms with Gasteiger partial charge in [0, 0.05) is 0 Å². The summed E-state index contributed by atoms with van der Waals surface area (Å²) in [5.41, 5.74) is 4.19. The first kappa shape index (κ1) is 23.5. The molecule has 0 saturated heterocycles. The molecule has 0 spiro atoms. The van der Waals surface area contributed by atoms with Crippen molar-refractivity contribution in [2.24, 2.45) is 0 Å². The Morgan fingerprint density at radius 1 is 1.08 bits per heavy atom. The molecule has 1 aromatic carbocycles. The fourth-order valence-corrected chi connectivity index (χ4v) is 0.952. The zero-order chi connectivity index (χ0) is 6.15. The van der Waals surface area contributed by atoms with Gasteiger partial charge in [0.25, 0.3) is 0 Å². The Hall–Kier alpha value is 1.67. The molecule has 4 heteroatoms. The maximum absolute atomic E-state index is 2.20. The quantitative estimate of drug-likeness (QED) is 0.354. The van der Waals surface area contributed by atoms with Gasteiger partial charge in [-0.1, -0.05) is 20.8 Å². The smallest absolute Gasteiger partial charge is 1.00 e. The number of halogens is 3. The topological polar surface area (TPSA) is 0 Å². The molecule has 68 valence electrons. The average Bonchev–Trinajstić information content (AvgIpc) is 1.85. The Labute approximate surface area is 125 Å². The van der Waals surface area contributed by atoms with Gasteiger partial charge in [-0.05, 0) is 0 Å². The Morgan fingerprint density at radius 2 is 1.50 bits per heavy atom. The minimum Gasteiger partial charge on any atom is -1.00 e. The van der Waals surface area contributed by atoms with Crippen LogP contribution in [0.1, 0.15) is 16.7 Å². The molecular weight excluding hydrogens is 427 g/mol. The van der Waals surface area contributed by atoms with Gasteiger partial charge in [0.05, 0.1) is 0 Å². The Kier molecular flexibility index (Phi) is 21.0. The predicted molar refractivity (Wildman–Crippen MR) is 36.2 cm³/mol. The Balaban J connectivity index is -0.0000000800. The first-order chi connectivity index (χ1) is 3.70. The Morgan fingerprint density at radius 3 is 1.58 bits per heavy atom. The van der Waals surface area contributed by atoms with Crippen molar-refractivity contribution < 1.29 is 77.1 Å². The zero-order valence-electron chi connectivity index (χ0n) is 7.29. The van der Waals surface area contributed by atoms with Crippen LogP contribution in [0.25, 0.3) is 0 Å². The van der Waals surface area contributed by atoms with Crippen molar-refractivity contribution in [3.8, 4) is 0 Å². The van der Waals surface area contributed by atoms with Gasteiger partial charge in [-0.3, -0.25) is 0 Å². The van der Waals surface area contributed by atoms with Crippen LogP contribution in [-0.4, -0.2) is 0 Å². The van der Waals surface area contributed by atoms with Gasteiger partial charge in [0.2, 0.25) is 0 Å². The molecular formula is C8H11Br3Zr. The van der Waals surface area contributed by atoms with E-state index in [1.807, 2.05) is 0 Å². The van der Waals surface area contributed by atoms with Crippen LogP contribution in [0.2, 0.25) is 0 Å². The molecule has 0 amide bonds. The SMILES string of the molecule is Cc1cc(C)[c-](C)c1.[Br-].[Br-].[Br-].[Zr+4]. The van der Waals surface area contributed by atoms with Crippen molar-refractivity contribution in [3.63, 3.8) is 0 Å². The molecule has 0 atom stereocenters. The van der Waals surface area contributed by atoms with E-state index < -0.39 is 0 Å². The second-order valence-electron chi connectivity index (χ2n) is 2.40. The van der Waals surface area contributed by atoms with Crippen molar-refractivity contribution in [1.82, 2.24) is 0 Å². The minimum absolute atomic E-state index is 0. The second kappa shape index (κ2) is 10.8. The summed E-state index contributed by atoms with van der Waals surface area (Å²) in [5, 5.41) is 0. The summed E-state index contributed by atoms with van der Waals surface area (Å²) in [7, 11) is 0. The van der Waals surface area contributed by atoms with Gasteiger partial charge in [0.15, 0.2) is 0 Å². The van der Waals surface area contributed by atoms with E-state index in [0.717, 1.165) is 0 Å². The van der Waals surface area contributed by atoms with Gasteiger partial charge in [-0.2, -0.15) is 17.2 Å². The summed E-state index contributed by atoms with van der Waals surface area (Å²) >= 11 is 0. The molecule has 0 bridgehead atoms. The Bertz CT molecular complexity index is 177. The van der Waals surface area contributed by atoms with Crippen molar-refractivity contribution in [2.45, 2.75) is 20.8 Å². The average molecular weight is 438 g/mol. The molecule has 1 rings (SSSR count). The first-order valence-corrected chi connectivity index (χ1v) is 2.90. The molecule has 0 N–H and O–H groups in total. The van der Waals surface area contributed by atoms with E-state index in [1.54, 1.807) is 0 Å². The van der Waals surface area contributed by atoms with Crippen molar-refractivity contribution in [2.75, 3.05) is 0 Å². The van der Waals surface area contributed by atoms with E-state index in [4.69, 9.17) is 0 Å². The van der Waals surface area contributed by atoms with Crippen LogP contribution in [0.4, 0.5) is 0 Å². The molecule has 0 fully saturated rings. The van der Waals surface area contributed by atoms with Gasteiger partial charge < -0.3 is 50.9 Å². The van der Waals surface area contributed by atoms with E-state index in [-0.39, 0.29) is 77.1 Å². The van der Waals surface area contributed by atoms with E-state index >= 15 is 0 Å². The summed E-state index contributed by atoms with van der Waals surface area (Å²) in [5.74, 6) is 0. The summed E-state index contributed by atoms with van der Waals surface area (Å²) in [4.78, 5) is 0. The molecule has 0 radical (unpaired) electrons. The third kappa shape index (κ3) is 7.11. The summed E-state index contributed by atoms with van der Waals surface area (Å²) in [6, 6.07) is 4.41. The third-order valence-electron chi connectivity index (χ3n) is 1.51. The van der Waals surface area contributed by atoms with Crippen molar-refractivity contribution >= 4 is 0 Å². The maximum atomic E-state index is 2.20. The van der Waals surface area contributed by atoms with Gasteiger partial charge in [0.1, 0.15) is 0 Å². The van der Waals surface area contributed by atoms with Crippen molar-refractivity contribution in [1.29, 1.82) is 0 Å². The van der Waals surface area contributed by atoms with Gasteiger partial charge >= 0.3 is 26.2 Å². The first-order valence-electron chi connectivity index (χ1n) is 2.90. The van der Waals surface area contributed by atoms with Crippen molar-refractivity contribution in [3.05, 3.63) is 28.8 Å². The molecule has 0 aliphatic heterocycles. The molecule has 0 nitrogen and oxygen atoms in total. The monoisotopic (exact) mass is 434 g/mol. The fourth-order valence-electron chi connectivity index (χ4n) is 0.952. The minimum atomic E-state index is 0. The second-order valence-corrected chi connectivity index (χ2v) is 2.40. The molecule has 12 heavy (non-hydrogen) atoms. The van der Waals surface area contributed by atoms with Crippen LogP contribution in [0.15, 0.2) is 12.1 Å². The third-order valence-corrected chi connectivity index (χ3v) is 1.51. The number of aryl methyl sites for hydroxylation is 3. The zero-order valence-corrected chi connectivity index (χ0v) is 14.5. The maximum Gasteiger partial charge on any atom is 4.00 e. The molecule has 0 saturated carbocycles. The van der Waals surface area contributed by atoms with Gasteiger partial charge in [-0.25, -0.2) is 11.6 Å². The largest absolute Gasteiger partial charge is 4.00 e. The molecule has 0 unspecified atom stereocenters. The van der Waals surface area contributed by atoms with Crippen LogP contribution in [0.5, 0.6) is 0 Å².